The van der Waals surface area contributed by atoms with Crippen molar-refractivity contribution in [2.24, 2.45) is 50.2 Å². The second kappa shape index (κ2) is 22.2. The van der Waals surface area contributed by atoms with E-state index in [4.69, 9.17) is 37.9 Å². The first-order valence-corrected chi connectivity index (χ1v) is 26.2. The maximum Gasteiger partial charge on any atom is 0.335 e. The molecule has 2 saturated heterocycles. The van der Waals surface area contributed by atoms with Gasteiger partial charge in [-0.25, -0.2) is 4.79 Å². The first-order valence-electron chi connectivity index (χ1n) is 26.2. The second-order valence-electron chi connectivity index (χ2n) is 24.1. The zero-order valence-corrected chi connectivity index (χ0v) is 45.1. The largest absolute Gasteiger partial charge is 0.479 e. The molecule has 22 atom stereocenters. The van der Waals surface area contributed by atoms with E-state index < -0.39 is 174 Å². The molecule has 0 bridgehead atoms. The lowest BCUT2D eigenvalue weighted by Crippen LogP contribution is -2.70. The van der Waals surface area contributed by atoms with E-state index in [1.54, 1.807) is 13.8 Å². The Morgan fingerprint density at radius 3 is 1.84 bits per heavy atom. The number of aliphatic hydroxyl groups is 7. The summed E-state index contributed by atoms with van der Waals surface area (Å²) >= 11 is 0. The first kappa shape index (κ1) is 59.9. The highest BCUT2D eigenvalue weighted by molar-refractivity contribution is 5.74. The number of carbonyl (C=O) groups is 5. The number of esters is 4. The van der Waals surface area contributed by atoms with E-state index in [9.17, 15) is 64.8 Å². The smallest absolute Gasteiger partial charge is 0.335 e. The maximum atomic E-state index is 14.0. The number of aliphatic carboxylic acids is 1. The Bertz CT molecular complexity index is 2100. The van der Waals surface area contributed by atoms with Crippen molar-refractivity contribution in [1.82, 2.24) is 0 Å². The Labute approximate surface area is 433 Å². The third kappa shape index (κ3) is 10.4. The molecule has 8 N–H and O–H groups in total. The molecule has 5 fully saturated rings. The number of allylic oxidation sites excluding steroid dienone is 1. The number of carboxylic acid groups (broad SMARTS) is 1. The molecule has 6 rings (SSSR count). The van der Waals surface area contributed by atoms with Gasteiger partial charge in [-0.15, -0.1) is 0 Å². The van der Waals surface area contributed by atoms with Crippen molar-refractivity contribution in [1.29, 1.82) is 0 Å². The van der Waals surface area contributed by atoms with E-state index in [1.807, 2.05) is 34.6 Å². The van der Waals surface area contributed by atoms with Crippen molar-refractivity contribution in [3.63, 3.8) is 0 Å². The highest BCUT2D eigenvalue weighted by Crippen LogP contribution is 2.73. The monoisotopic (exact) mass is 1060 g/mol. The standard InChI is InChI=1S/C53H84O21/c1-13-25(2)45(66)74-41-40(68-26(3)56)48(6,7)19-16-29-14-15-32-49(8)20-18-33(71-47-37(63)38(36(62)39(73-47)44(64)65)72-46-35(61)34(60)30(59)22-67-46)50(9,23-54)31(49)17-21-52(32,11)53(29,12)43(70-28(5)58)42(69-27(4)57)51(41,10)24-55/h14,25,30-43,46-47,54-55,59-63H,13,15-24H2,1-12H3,(H,64,65)/t25?,30?,31?,32?,33?,34?,35?,36?,37?,38?,39?,40-,41-,42+,43-,46?,47?,49-,50-,51-,52+,53-/m0/s1. The van der Waals surface area contributed by atoms with Gasteiger partial charge in [0.2, 0.25) is 0 Å². The topological polar surface area (TPSA) is 321 Å². The van der Waals surface area contributed by atoms with Crippen LogP contribution in [-0.4, -0.2) is 176 Å². The Hall–Kier alpha value is -3.35. The molecule has 3 saturated carbocycles. The van der Waals surface area contributed by atoms with Gasteiger partial charge in [0.15, 0.2) is 30.9 Å². The molecule has 74 heavy (non-hydrogen) atoms. The molecule has 0 amide bonds. The summed E-state index contributed by atoms with van der Waals surface area (Å²) in [7, 11) is 0. The van der Waals surface area contributed by atoms with Gasteiger partial charge in [0.25, 0.3) is 0 Å². The predicted molar refractivity (Wildman–Crippen MR) is 258 cm³/mol. The Kier molecular flexibility index (Phi) is 18.0. The number of carboxylic acids is 1. The number of hydrogen-bond acceptors (Lipinski definition) is 20. The van der Waals surface area contributed by atoms with Crippen molar-refractivity contribution in [3.05, 3.63) is 11.6 Å². The summed E-state index contributed by atoms with van der Waals surface area (Å²) in [6, 6.07) is 0. The highest BCUT2D eigenvalue weighted by Gasteiger charge is 2.72. The summed E-state index contributed by atoms with van der Waals surface area (Å²) < 4.78 is 48.8. The number of rotatable bonds is 13. The van der Waals surface area contributed by atoms with Crippen LogP contribution in [0.25, 0.3) is 0 Å². The average molecular weight is 1060 g/mol. The van der Waals surface area contributed by atoms with Crippen LogP contribution in [0.1, 0.15) is 134 Å². The molecule has 2 aliphatic heterocycles. The van der Waals surface area contributed by atoms with Crippen LogP contribution in [0.2, 0.25) is 0 Å². The van der Waals surface area contributed by atoms with E-state index in [0.717, 1.165) is 5.57 Å². The number of fused-ring (bicyclic) bond motifs is 5. The number of carbonyl (C=O) groups excluding carboxylic acids is 4. The molecule has 0 aromatic rings. The van der Waals surface area contributed by atoms with Crippen LogP contribution < -0.4 is 0 Å². The predicted octanol–water partition coefficient (Wildman–Crippen LogP) is 2.47. The van der Waals surface area contributed by atoms with Crippen LogP contribution in [0, 0.1) is 50.2 Å². The fourth-order valence-electron chi connectivity index (χ4n) is 14.3. The lowest BCUT2D eigenvalue weighted by Gasteiger charge is -2.70. The normalized spacial score (nSPS) is 45.7. The van der Waals surface area contributed by atoms with Crippen molar-refractivity contribution in [2.45, 2.75) is 220 Å². The minimum absolute atomic E-state index is 0.244. The van der Waals surface area contributed by atoms with E-state index in [-0.39, 0.29) is 18.3 Å². The molecular formula is C53H84O21. The van der Waals surface area contributed by atoms with E-state index in [0.29, 0.717) is 44.9 Å². The summed E-state index contributed by atoms with van der Waals surface area (Å²) in [6.45, 7) is 19.0. The third-order valence-corrected chi connectivity index (χ3v) is 19.1. The summed E-state index contributed by atoms with van der Waals surface area (Å²) in [6.07, 6.45) is -17.1. The van der Waals surface area contributed by atoms with Gasteiger partial charge in [-0.2, -0.15) is 0 Å². The highest BCUT2D eigenvalue weighted by atomic mass is 16.7. The van der Waals surface area contributed by atoms with Gasteiger partial charge in [-0.1, -0.05) is 67.0 Å². The Morgan fingerprint density at radius 1 is 0.689 bits per heavy atom. The quantitative estimate of drug-likeness (QED) is 0.0568. The molecule has 0 aromatic carbocycles. The van der Waals surface area contributed by atoms with Gasteiger partial charge >= 0.3 is 29.8 Å². The van der Waals surface area contributed by atoms with Crippen LogP contribution in [0.5, 0.6) is 0 Å². The number of ether oxygens (including phenoxy) is 8. The molecular weight excluding hydrogens is 973 g/mol. The molecule has 13 unspecified atom stereocenters. The third-order valence-electron chi connectivity index (χ3n) is 19.1. The van der Waals surface area contributed by atoms with Gasteiger partial charge in [-0.3, -0.25) is 19.2 Å². The number of aliphatic hydroxyl groups excluding tert-OH is 7. The zero-order valence-electron chi connectivity index (χ0n) is 45.1. The van der Waals surface area contributed by atoms with Gasteiger partial charge < -0.3 is 78.7 Å². The second-order valence-corrected chi connectivity index (χ2v) is 24.1. The van der Waals surface area contributed by atoms with E-state index in [1.165, 1.54) is 20.8 Å². The molecule has 21 heteroatoms. The summed E-state index contributed by atoms with van der Waals surface area (Å²) in [5.41, 5.74) is -5.56. The summed E-state index contributed by atoms with van der Waals surface area (Å²) in [5, 5.41) is 87.3. The average Bonchev–Trinajstić information content (AvgIpc) is 3.32. The van der Waals surface area contributed by atoms with Crippen LogP contribution in [-0.2, 0) is 61.9 Å². The van der Waals surface area contributed by atoms with E-state index >= 15 is 0 Å². The Morgan fingerprint density at radius 2 is 1.27 bits per heavy atom. The van der Waals surface area contributed by atoms with Crippen LogP contribution in [0.15, 0.2) is 11.6 Å². The molecule has 6 aliphatic rings. The Balaban J connectivity index is 1.43. The minimum Gasteiger partial charge on any atom is -0.479 e. The van der Waals surface area contributed by atoms with Crippen molar-refractivity contribution in [2.75, 3.05) is 19.8 Å². The molecule has 21 nitrogen and oxygen atoms in total. The fourth-order valence-corrected chi connectivity index (χ4v) is 14.3. The van der Waals surface area contributed by atoms with Gasteiger partial charge in [0.05, 0.1) is 37.3 Å². The van der Waals surface area contributed by atoms with E-state index in [2.05, 4.69) is 19.9 Å². The van der Waals surface area contributed by atoms with Crippen molar-refractivity contribution < 1.29 is 103 Å². The van der Waals surface area contributed by atoms with Crippen molar-refractivity contribution in [3.8, 4) is 0 Å². The molecule has 2 heterocycles. The lowest BCUT2D eigenvalue weighted by molar-refractivity contribution is -0.358. The van der Waals surface area contributed by atoms with Crippen LogP contribution in [0.4, 0.5) is 0 Å². The lowest BCUT2D eigenvalue weighted by atomic mass is 9.35. The zero-order chi connectivity index (χ0) is 55.4. The van der Waals surface area contributed by atoms with Crippen molar-refractivity contribution >= 4 is 29.8 Å². The minimum atomic E-state index is -2.01. The molecule has 4 aliphatic carbocycles. The molecule has 0 aromatic heterocycles. The molecule has 422 valence electrons. The summed E-state index contributed by atoms with van der Waals surface area (Å²) in [5.74, 6) is -5.57. The van der Waals surface area contributed by atoms with Crippen LogP contribution >= 0.6 is 0 Å². The fraction of sp³-hybridized carbons (Fsp3) is 0.868. The molecule has 0 spiro atoms. The van der Waals surface area contributed by atoms with Gasteiger partial charge in [0.1, 0.15) is 48.8 Å². The van der Waals surface area contributed by atoms with Gasteiger partial charge in [0, 0.05) is 37.0 Å². The van der Waals surface area contributed by atoms with Gasteiger partial charge in [-0.05, 0) is 81.0 Å². The first-order chi connectivity index (χ1) is 34.3. The van der Waals surface area contributed by atoms with Crippen LogP contribution in [0.3, 0.4) is 0 Å². The number of hydrogen-bond donors (Lipinski definition) is 8. The molecule has 0 radical (unpaired) electrons. The SMILES string of the molecule is CCC(C)C(=O)O[C@H]1[C@H](OC(C)=O)C(C)(C)CCC2=CCC3[C@@]4(C)CCC(OC5OC(C(=O)O)C(O)C(OC6OCC(O)C(O)C6O)C5O)[C@@](C)(CO)C4CC[C@@]3(C)[C@]2(C)[C@@H](OC(C)=O)[C@@H](OC(C)=O)[C@@]1(C)CO. The summed E-state index contributed by atoms with van der Waals surface area (Å²) in [4.78, 5) is 66.7. The maximum absolute atomic E-state index is 14.0.